The van der Waals surface area contributed by atoms with Crippen molar-refractivity contribution < 1.29 is 18.7 Å². The molecule has 1 aromatic carbocycles. The average molecular weight is 496 g/mol. The van der Waals surface area contributed by atoms with E-state index in [-0.39, 0.29) is 17.9 Å². The zero-order valence-electron chi connectivity index (χ0n) is 21.5. The molecule has 2 N–H and O–H groups in total. The minimum Gasteiger partial charge on any atom is -0.444 e. The summed E-state index contributed by atoms with van der Waals surface area (Å²) in [5.74, 6) is 0.314. The van der Waals surface area contributed by atoms with Crippen LogP contribution in [0.5, 0.6) is 0 Å². The van der Waals surface area contributed by atoms with Gasteiger partial charge < -0.3 is 14.5 Å². The van der Waals surface area contributed by atoms with Gasteiger partial charge in [-0.05, 0) is 69.4 Å². The highest BCUT2D eigenvalue weighted by atomic mass is 16.6. The molecule has 0 unspecified atom stereocenters. The number of amides is 3. The highest BCUT2D eigenvalue weighted by molar-refractivity contribution is 5.94. The van der Waals surface area contributed by atoms with E-state index in [4.69, 9.17) is 9.15 Å². The second-order valence-electron chi connectivity index (χ2n) is 9.90. The molecule has 3 amide bonds. The van der Waals surface area contributed by atoms with Gasteiger partial charge in [0.2, 0.25) is 0 Å². The lowest BCUT2D eigenvalue weighted by Gasteiger charge is -2.22. The molecular formula is C26H33N5O5. The first-order valence-corrected chi connectivity index (χ1v) is 11.8. The zero-order chi connectivity index (χ0) is 26.5. The SMILES string of the molecule is Cc1c(NC(=O)OC(C)(C)C)ccc2nc(N(CCC(C)C)C(=O)NCc3cccnc3)oc(=O)c12. The number of carbonyl (C=O) groups is 2. The summed E-state index contributed by atoms with van der Waals surface area (Å²) in [5, 5.41) is 5.71. The molecule has 2 heterocycles. The molecule has 0 saturated heterocycles. The molecule has 0 saturated carbocycles. The fraction of sp³-hybridized carbons (Fsp3) is 0.423. The normalized spacial score (nSPS) is 11.4. The molecule has 10 heteroatoms. The van der Waals surface area contributed by atoms with Crippen LogP contribution >= 0.6 is 0 Å². The Hall–Kier alpha value is -3.95. The Bertz CT molecular complexity index is 1280. The largest absolute Gasteiger partial charge is 0.444 e. The number of fused-ring (bicyclic) bond motifs is 1. The Balaban J connectivity index is 1.90. The van der Waals surface area contributed by atoms with Crippen molar-refractivity contribution in [2.45, 2.75) is 60.1 Å². The summed E-state index contributed by atoms with van der Waals surface area (Å²) in [5.41, 5.74) is 0.758. The van der Waals surface area contributed by atoms with Crippen LogP contribution in [0.2, 0.25) is 0 Å². The van der Waals surface area contributed by atoms with Gasteiger partial charge in [0.1, 0.15) is 5.60 Å². The molecule has 0 bridgehead atoms. The Kier molecular flexibility index (Phi) is 8.29. The Labute approximate surface area is 210 Å². The number of urea groups is 1. The summed E-state index contributed by atoms with van der Waals surface area (Å²) in [4.78, 5) is 48.1. The number of hydrogen-bond acceptors (Lipinski definition) is 7. The fourth-order valence-corrected chi connectivity index (χ4v) is 3.42. The Morgan fingerprint density at radius 3 is 2.58 bits per heavy atom. The van der Waals surface area contributed by atoms with Crippen LogP contribution in [0.1, 0.15) is 52.2 Å². The first kappa shape index (κ1) is 26.7. The van der Waals surface area contributed by atoms with Crippen molar-refractivity contribution in [3.05, 3.63) is 58.2 Å². The predicted octanol–water partition coefficient (Wildman–Crippen LogP) is 5.00. The number of hydrogen-bond donors (Lipinski definition) is 2. The van der Waals surface area contributed by atoms with Gasteiger partial charge in [0.25, 0.3) is 0 Å². The molecule has 0 fully saturated rings. The van der Waals surface area contributed by atoms with Gasteiger partial charge in [-0.15, -0.1) is 0 Å². The third-order valence-electron chi connectivity index (χ3n) is 5.26. The van der Waals surface area contributed by atoms with Crippen LogP contribution in [-0.2, 0) is 11.3 Å². The van der Waals surface area contributed by atoms with E-state index in [9.17, 15) is 14.4 Å². The molecule has 0 aliphatic rings. The number of pyridine rings is 1. The van der Waals surface area contributed by atoms with Gasteiger partial charge in [-0.25, -0.2) is 19.3 Å². The topological polar surface area (TPSA) is 127 Å². The molecule has 2 aromatic heterocycles. The molecule has 192 valence electrons. The van der Waals surface area contributed by atoms with E-state index < -0.39 is 23.4 Å². The third-order valence-corrected chi connectivity index (χ3v) is 5.26. The minimum absolute atomic E-state index is 0.0934. The van der Waals surface area contributed by atoms with Crippen molar-refractivity contribution in [1.29, 1.82) is 0 Å². The number of ether oxygens (including phenoxy) is 1. The number of aryl methyl sites for hydroxylation is 1. The lowest BCUT2D eigenvalue weighted by atomic mass is 10.1. The van der Waals surface area contributed by atoms with E-state index in [0.717, 1.165) is 5.56 Å². The lowest BCUT2D eigenvalue weighted by Crippen LogP contribution is -2.41. The van der Waals surface area contributed by atoms with E-state index in [1.165, 1.54) is 4.90 Å². The Morgan fingerprint density at radius 2 is 1.94 bits per heavy atom. The lowest BCUT2D eigenvalue weighted by molar-refractivity contribution is 0.0635. The molecule has 3 aromatic rings. The van der Waals surface area contributed by atoms with Crippen molar-refractivity contribution in [3.8, 4) is 0 Å². The first-order chi connectivity index (χ1) is 16.9. The minimum atomic E-state index is -0.665. The second-order valence-corrected chi connectivity index (χ2v) is 9.90. The standard InChI is InChI=1S/C26H33N5O5/c1-16(2)11-13-31(23(33)28-15-18-8-7-12-27-14-18)24-29-20-10-9-19(17(3)21(20)22(32)35-24)30-25(34)36-26(4,5)6/h7-10,12,14,16H,11,13,15H2,1-6H3,(H,28,33)(H,30,34). The summed E-state index contributed by atoms with van der Waals surface area (Å²) in [6, 6.07) is 6.35. The maximum absolute atomic E-state index is 13.1. The van der Waals surface area contributed by atoms with Crippen molar-refractivity contribution in [1.82, 2.24) is 15.3 Å². The molecule has 0 atom stereocenters. The molecule has 0 aliphatic heterocycles. The zero-order valence-corrected chi connectivity index (χ0v) is 21.5. The highest BCUT2D eigenvalue weighted by Crippen LogP contribution is 2.25. The van der Waals surface area contributed by atoms with Gasteiger partial charge in [-0.1, -0.05) is 19.9 Å². The highest BCUT2D eigenvalue weighted by Gasteiger charge is 2.23. The maximum Gasteiger partial charge on any atom is 0.412 e. The van der Waals surface area contributed by atoms with Gasteiger partial charge in [0.05, 0.1) is 10.9 Å². The summed E-state index contributed by atoms with van der Waals surface area (Å²) in [6.45, 7) is 11.6. The van der Waals surface area contributed by atoms with Gasteiger partial charge >= 0.3 is 23.8 Å². The number of aromatic nitrogens is 2. The quantitative estimate of drug-likeness (QED) is 0.472. The van der Waals surface area contributed by atoms with Crippen LogP contribution in [0.4, 0.5) is 21.3 Å². The average Bonchev–Trinajstić information content (AvgIpc) is 2.78. The predicted molar refractivity (Wildman–Crippen MR) is 138 cm³/mol. The number of rotatable bonds is 7. The molecule has 0 radical (unpaired) electrons. The van der Waals surface area contributed by atoms with Crippen molar-refractivity contribution in [3.63, 3.8) is 0 Å². The van der Waals surface area contributed by atoms with Gasteiger partial charge in [0.15, 0.2) is 0 Å². The van der Waals surface area contributed by atoms with Gasteiger partial charge in [-0.3, -0.25) is 10.3 Å². The summed E-state index contributed by atoms with van der Waals surface area (Å²) in [6.07, 6.45) is 3.37. The van der Waals surface area contributed by atoms with Crippen molar-refractivity contribution in [2.75, 3.05) is 16.8 Å². The summed E-state index contributed by atoms with van der Waals surface area (Å²) in [7, 11) is 0. The van der Waals surface area contributed by atoms with Crippen LogP contribution < -0.4 is 21.2 Å². The van der Waals surface area contributed by atoms with E-state index in [2.05, 4.69) is 20.6 Å². The molecular weight excluding hydrogens is 462 g/mol. The number of nitrogens with one attached hydrogen (secondary N) is 2. The first-order valence-electron chi connectivity index (χ1n) is 11.8. The summed E-state index contributed by atoms with van der Waals surface area (Å²) < 4.78 is 10.8. The van der Waals surface area contributed by atoms with Crippen LogP contribution in [-0.4, -0.2) is 34.2 Å². The van der Waals surface area contributed by atoms with E-state index in [0.29, 0.717) is 35.7 Å². The van der Waals surface area contributed by atoms with Crippen LogP contribution in [0.25, 0.3) is 10.9 Å². The molecule has 10 nitrogen and oxygen atoms in total. The third kappa shape index (κ3) is 7.03. The molecule has 0 spiro atoms. The van der Waals surface area contributed by atoms with E-state index >= 15 is 0 Å². The maximum atomic E-state index is 13.1. The van der Waals surface area contributed by atoms with Crippen molar-refractivity contribution >= 4 is 34.7 Å². The fourth-order valence-electron chi connectivity index (χ4n) is 3.42. The second kappa shape index (κ2) is 11.2. The smallest absolute Gasteiger partial charge is 0.412 e. The van der Waals surface area contributed by atoms with Gasteiger partial charge in [0, 0.05) is 31.2 Å². The monoisotopic (exact) mass is 495 g/mol. The Morgan fingerprint density at radius 1 is 1.19 bits per heavy atom. The molecule has 0 aliphatic carbocycles. The number of anilines is 2. The van der Waals surface area contributed by atoms with Crippen LogP contribution in [0.15, 0.2) is 45.9 Å². The number of carbonyl (C=O) groups excluding carboxylic acids is 2. The molecule has 36 heavy (non-hydrogen) atoms. The van der Waals surface area contributed by atoms with Gasteiger partial charge in [-0.2, -0.15) is 4.98 Å². The number of benzene rings is 1. The number of nitrogens with zero attached hydrogens (tertiary/aromatic N) is 3. The molecule has 3 rings (SSSR count). The van der Waals surface area contributed by atoms with E-state index in [1.807, 2.05) is 19.9 Å². The summed E-state index contributed by atoms with van der Waals surface area (Å²) >= 11 is 0. The van der Waals surface area contributed by atoms with Crippen LogP contribution in [0.3, 0.4) is 0 Å². The van der Waals surface area contributed by atoms with E-state index in [1.54, 1.807) is 58.3 Å². The van der Waals surface area contributed by atoms with Crippen LogP contribution in [0, 0.1) is 12.8 Å². The van der Waals surface area contributed by atoms with Crippen molar-refractivity contribution in [2.24, 2.45) is 5.92 Å².